The van der Waals surface area contributed by atoms with Gasteiger partial charge in [0.15, 0.2) is 0 Å². The maximum Gasteiger partial charge on any atom is -0.00179 e. The maximum absolute atomic E-state index is 5.40. The van der Waals surface area contributed by atoms with Crippen LogP contribution in [0.15, 0.2) is 0 Å². The highest BCUT2D eigenvalue weighted by Gasteiger charge is 2.31. The van der Waals surface area contributed by atoms with Gasteiger partial charge in [-0.3, -0.25) is 0 Å². The number of hydrogen-bond acceptors (Lipinski definition) is 2. The molecule has 0 heterocycles. The average molecular weight is 170 g/mol. The third-order valence-electron chi connectivity index (χ3n) is 2.74. The zero-order chi connectivity index (χ0) is 8.81. The Morgan fingerprint density at radius 1 is 1.33 bits per heavy atom. The van der Waals surface area contributed by atoms with E-state index in [1.165, 1.54) is 38.8 Å². The smallest absolute Gasteiger partial charge is 0.00179 e. The van der Waals surface area contributed by atoms with Crippen LogP contribution in [-0.2, 0) is 0 Å². The normalized spacial score (nSPS) is 27.5. The van der Waals surface area contributed by atoms with E-state index in [0.717, 1.165) is 18.4 Å². The molecule has 0 aromatic heterocycles. The summed E-state index contributed by atoms with van der Waals surface area (Å²) in [6.07, 6.45) is 5.19. The molecule has 0 saturated heterocycles. The molecule has 2 nitrogen and oxygen atoms in total. The number of rotatable bonds is 7. The molecule has 3 N–H and O–H groups in total. The van der Waals surface area contributed by atoms with Gasteiger partial charge in [-0.05, 0) is 50.7 Å². The largest absolute Gasteiger partial charge is 0.330 e. The van der Waals surface area contributed by atoms with Crippen LogP contribution in [0.25, 0.3) is 0 Å². The summed E-state index contributed by atoms with van der Waals surface area (Å²) in [5.41, 5.74) is 5.40. The van der Waals surface area contributed by atoms with Gasteiger partial charge in [0.1, 0.15) is 0 Å². The first-order valence-corrected chi connectivity index (χ1v) is 5.25. The van der Waals surface area contributed by atoms with Gasteiger partial charge < -0.3 is 11.1 Å². The fourth-order valence-electron chi connectivity index (χ4n) is 1.54. The van der Waals surface area contributed by atoms with Gasteiger partial charge in [0.25, 0.3) is 0 Å². The Labute approximate surface area is 75.9 Å². The topological polar surface area (TPSA) is 38.0 Å². The predicted octanol–water partition coefficient (Wildman–Crippen LogP) is 1.36. The lowest BCUT2D eigenvalue weighted by molar-refractivity contribution is 0.571. The van der Waals surface area contributed by atoms with Crippen molar-refractivity contribution in [3.05, 3.63) is 0 Å². The van der Waals surface area contributed by atoms with Crippen LogP contribution in [0.4, 0.5) is 0 Å². The third-order valence-corrected chi connectivity index (χ3v) is 2.74. The number of nitrogens with two attached hydrogens (primary N) is 1. The van der Waals surface area contributed by atoms with Crippen molar-refractivity contribution in [1.29, 1.82) is 0 Å². The highest BCUT2D eigenvalue weighted by molar-refractivity contribution is 4.83. The Hall–Kier alpha value is -0.0800. The van der Waals surface area contributed by atoms with Gasteiger partial charge in [-0.15, -0.1) is 0 Å². The van der Waals surface area contributed by atoms with Crippen molar-refractivity contribution < 1.29 is 0 Å². The number of unbranched alkanes of at least 4 members (excludes halogenated alkanes) is 2. The van der Waals surface area contributed by atoms with Crippen molar-refractivity contribution in [2.24, 2.45) is 17.6 Å². The van der Waals surface area contributed by atoms with Gasteiger partial charge in [-0.25, -0.2) is 0 Å². The van der Waals surface area contributed by atoms with E-state index in [0.29, 0.717) is 0 Å². The van der Waals surface area contributed by atoms with Crippen molar-refractivity contribution >= 4 is 0 Å². The molecule has 1 fully saturated rings. The molecule has 2 heteroatoms. The highest BCUT2D eigenvalue weighted by Crippen LogP contribution is 2.36. The second-order valence-electron chi connectivity index (χ2n) is 4.03. The minimum atomic E-state index is 0.847. The van der Waals surface area contributed by atoms with E-state index in [-0.39, 0.29) is 0 Å². The van der Waals surface area contributed by atoms with Gasteiger partial charge >= 0.3 is 0 Å². The SMILES string of the molecule is CC1CC1CNCCCCCN. The number of hydrogen-bond donors (Lipinski definition) is 2. The Morgan fingerprint density at radius 2 is 2.08 bits per heavy atom. The fourth-order valence-corrected chi connectivity index (χ4v) is 1.54. The molecular weight excluding hydrogens is 148 g/mol. The summed E-state index contributed by atoms with van der Waals surface area (Å²) in [5.74, 6) is 1.97. The van der Waals surface area contributed by atoms with Crippen LogP contribution < -0.4 is 11.1 Å². The molecule has 2 unspecified atom stereocenters. The molecule has 1 aliphatic rings. The van der Waals surface area contributed by atoms with E-state index in [1.54, 1.807) is 0 Å². The Balaban J connectivity index is 1.72. The summed E-state index contributed by atoms with van der Waals surface area (Å²) in [7, 11) is 0. The minimum Gasteiger partial charge on any atom is -0.330 e. The van der Waals surface area contributed by atoms with E-state index >= 15 is 0 Å². The Bertz CT molecular complexity index is 114. The van der Waals surface area contributed by atoms with Gasteiger partial charge in [-0.2, -0.15) is 0 Å². The summed E-state index contributed by atoms with van der Waals surface area (Å²) >= 11 is 0. The van der Waals surface area contributed by atoms with Crippen molar-refractivity contribution in [3.8, 4) is 0 Å². The van der Waals surface area contributed by atoms with Gasteiger partial charge in [-0.1, -0.05) is 13.3 Å². The molecule has 72 valence electrons. The molecule has 2 atom stereocenters. The van der Waals surface area contributed by atoms with E-state index in [4.69, 9.17) is 5.73 Å². The van der Waals surface area contributed by atoms with Gasteiger partial charge in [0, 0.05) is 0 Å². The van der Waals surface area contributed by atoms with Crippen LogP contribution in [-0.4, -0.2) is 19.6 Å². The highest BCUT2D eigenvalue weighted by atomic mass is 14.9. The molecular formula is C10H22N2. The van der Waals surface area contributed by atoms with Gasteiger partial charge in [0.2, 0.25) is 0 Å². The fraction of sp³-hybridized carbons (Fsp3) is 1.00. The molecule has 0 aromatic rings. The van der Waals surface area contributed by atoms with E-state index < -0.39 is 0 Å². The second-order valence-corrected chi connectivity index (χ2v) is 4.03. The van der Waals surface area contributed by atoms with E-state index in [1.807, 2.05) is 0 Å². The first-order chi connectivity index (χ1) is 5.84. The van der Waals surface area contributed by atoms with Crippen LogP contribution in [0.5, 0.6) is 0 Å². The molecule has 1 saturated carbocycles. The van der Waals surface area contributed by atoms with E-state index in [2.05, 4.69) is 12.2 Å². The standard InChI is InChI=1S/C10H22N2/c1-9-7-10(9)8-12-6-4-2-3-5-11/h9-10,12H,2-8,11H2,1H3. The van der Waals surface area contributed by atoms with Crippen molar-refractivity contribution in [3.63, 3.8) is 0 Å². The lowest BCUT2D eigenvalue weighted by Crippen LogP contribution is -2.18. The van der Waals surface area contributed by atoms with Crippen LogP contribution in [0.2, 0.25) is 0 Å². The molecule has 0 aliphatic heterocycles. The first kappa shape index (κ1) is 10.0. The van der Waals surface area contributed by atoms with Crippen LogP contribution in [0, 0.1) is 11.8 Å². The Morgan fingerprint density at radius 3 is 2.67 bits per heavy atom. The van der Waals surface area contributed by atoms with Crippen LogP contribution >= 0.6 is 0 Å². The third kappa shape index (κ3) is 4.07. The summed E-state index contributed by atoms with van der Waals surface area (Å²) in [5, 5.41) is 3.50. The van der Waals surface area contributed by atoms with E-state index in [9.17, 15) is 0 Å². The predicted molar refractivity (Wildman–Crippen MR) is 53.0 cm³/mol. The molecule has 1 aliphatic carbocycles. The molecule has 0 amide bonds. The first-order valence-electron chi connectivity index (χ1n) is 5.25. The molecule has 0 bridgehead atoms. The quantitative estimate of drug-likeness (QED) is 0.566. The Kier molecular flexibility index (Phi) is 4.62. The zero-order valence-corrected chi connectivity index (χ0v) is 8.18. The van der Waals surface area contributed by atoms with Crippen molar-refractivity contribution in [1.82, 2.24) is 5.32 Å². The maximum atomic E-state index is 5.40. The lowest BCUT2D eigenvalue weighted by Gasteiger charge is -2.02. The summed E-state index contributed by atoms with van der Waals surface area (Å²) in [6, 6.07) is 0. The summed E-state index contributed by atoms with van der Waals surface area (Å²) in [4.78, 5) is 0. The summed E-state index contributed by atoms with van der Waals surface area (Å²) < 4.78 is 0. The van der Waals surface area contributed by atoms with Crippen molar-refractivity contribution in [2.75, 3.05) is 19.6 Å². The second kappa shape index (κ2) is 5.55. The zero-order valence-electron chi connectivity index (χ0n) is 8.18. The number of nitrogens with one attached hydrogen (secondary N) is 1. The molecule has 0 aromatic carbocycles. The summed E-state index contributed by atoms with van der Waals surface area (Å²) in [6.45, 7) is 5.60. The minimum absolute atomic E-state index is 0.847. The average Bonchev–Trinajstić information content (AvgIpc) is 2.74. The molecule has 0 spiro atoms. The molecule has 1 rings (SSSR count). The van der Waals surface area contributed by atoms with Crippen molar-refractivity contribution in [2.45, 2.75) is 32.6 Å². The molecule has 12 heavy (non-hydrogen) atoms. The lowest BCUT2D eigenvalue weighted by atomic mass is 10.2. The monoisotopic (exact) mass is 170 g/mol. The van der Waals surface area contributed by atoms with Gasteiger partial charge in [0.05, 0.1) is 0 Å². The van der Waals surface area contributed by atoms with Crippen LogP contribution in [0.3, 0.4) is 0 Å². The molecule has 0 radical (unpaired) electrons. The van der Waals surface area contributed by atoms with Crippen LogP contribution in [0.1, 0.15) is 32.6 Å².